The van der Waals surface area contributed by atoms with Crippen molar-refractivity contribution in [1.29, 1.82) is 0 Å². The standard InChI is InChI=1S/C25H24N4OS/c1-19-27-28-25(29(19)17-21-12-6-3-7-13-21)31-18-24(30)26-23-15-9-8-14-22(23)16-20-10-4-2-5-11-20/h2-15H,16-18H2,1H3,(H,26,30). The summed E-state index contributed by atoms with van der Waals surface area (Å²) in [5.74, 6) is 1.05. The first kappa shape index (κ1) is 20.9. The van der Waals surface area contributed by atoms with Gasteiger partial charge in [-0.05, 0) is 36.1 Å². The van der Waals surface area contributed by atoms with Crippen molar-refractivity contribution in [1.82, 2.24) is 14.8 Å². The van der Waals surface area contributed by atoms with Gasteiger partial charge in [-0.1, -0.05) is 90.6 Å². The molecule has 0 fully saturated rings. The number of benzene rings is 3. The van der Waals surface area contributed by atoms with Gasteiger partial charge in [0.2, 0.25) is 5.91 Å². The van der Waals surface area contributed by atoms with Crippen LogP contribution in [-0.4, -0.2) is 26.4 Å². The van der Waals surface area contributed by atoms with Crippen LogP contribution in [0.4, 0.5) is 5.69 Å². The highest BCUT2D eigenvalue weighted by molar-refractivity contribution is 7.99. The Bertz CT molecular complexity index is 1140. The molecule has 1 amide bonds. The number of aryl methyl sites for hydroxylation is 1. The van der Waals surface area contributed by atoms with Gasteiger partial charge in [-0.3, -0.25) is 4.79 Å². The third-order valence-electron chi connectivity index (χ3n) is 4.95. The number of para-hydroxylation sites is 1. The maximum atomic E-state index is 12.7. The smallest absolute Gasteiger partial charge is 0.234 e. The first-order valence-electron chi connectivity index (χ1n) is 10.2. The van der Waals surface area contributed by atoms with Gasteiger partial charge in [0.05, 0.1) is 12.3 Å². The molecular weight excluding hydrogens is 404 g/mol. The van der Waals surface area contributed by atoms with Crippen LogP contribution in [0.2, 0.25) is 0 Å². The zero-order chi connectivity index (χ0) is 21.5. The molecule has 0 aliphatic heterocycles. The van der Waals surface area contributed by atoms with Gasteiger partial charge in [-0.15, -0.1) is 10.2 Å². The van der Waals surface area contributed by atoms with Crippen LogP contribution in [0.1, 0.15) is 22.5 Å². The van der Waals surface area contributed by atoms with E-state index in [1.165, 1.54) is 22.9 Å². The predicted octanol–water partition coefficient (Wildman–Crippen LogP) is 4.96. The molecule has 156 valence electrons. The fourth-order valence-electron chi connectivity index (χ4n) is 3.34. The second-order valence-electron chi connectivity index (χ2n) is 7.26. The second-order valence-corrected chi connectivity index (χ2v) is 8.20. The van der Waals surface area contributed by atoms with E-state index < -0.39 is 0 Å². The fourth-order valence-corrected chi connectivity index (χ4v) is 4.13. The molecule has 1 heterocycles. The largest absolute Gasteiger partial charge is 0.325 e. The Morgan fingerprint density at radius 1 is 0.871 bits per heavy atom. The van der Waals surface area contributed by atoms with E-state index in [-0.39, 0.29) is 11.7 Å². The van der Waals surface area contributed by atoms with Crippen LogP contribution in [-0.2, 0) is 17.8 Å². The topological polar surface area (TPSA) is 59.8 Å². The van der Waals surface area contributed by atoms with E-state index in [1.54, 1.807) is 0 Å². The van der Waals surface area contributed by atoms with Crippen molar-refractivity contribution < 1.29 is 4.79 Å². The molecule has 0 saturated heterocycles. The molecule has 4 aromatic rings. The number of nitrogens with one attached hydrogen (secondary N) is 1. The van der Waals surface area contributed by atoms with E-state index in [2.05, 4.69) is 45.8 Å². The molecule has 0 aliphatic rings. The first-order chi connectivity index (χ1) is 15.2. The quantitative estimate of drug-likeness (QED) is 0.403. The molecule has 0 bridgehead atoms. The molecule has 3 aromatic carbocycles. The molecule has 0 saturated carbocycles. The summed E-state index contributed by atoms with van der Waals surface area (Å²) in [5, 5.41) is 12.3. The van der Waals surface area contributed by atoms with Crippen molar-refractivity contribution in [3.8, 4) is 0 Å². The lowest BCUT2D eigenvalue weighted by Gasteiger charge is -2.12. The van der Waals surface area contributed by atoms with Crippen LogP contribution in [0.15, 0.2) is 90.1 Å². The van der Waals surface area contributed by atoms with E-state index in [0.717, 1.165) is 28.7 Å². The zero-order valence-corrected chi connectivity index (χ0v) is 18.2. The number of hydrogen-bond donors (Lipinski definition) is 1. The molecule has 1 aromatic heterocycles. The van der Waals surface area contributed by atoms with Gasteiger partial charge in [0.25, 0.3) is 0 Å². The van der Waals surface area contributed by atoms with Crippen molar-refractivity contribution in [2.45, 2.75) is 25.0 Å². The number of carbonyl (C=O) groups excluding carboxylic acids is 1. The van der Waals surface area contributed by atoms with Crippen LogP contribution in [0, 0.1) is 6.92 Å². The highest BCUT2D eigenvalue weighted by Crippen LogP contribution is 2.22. The Labute approximate surface area is 186 Å². The van der Waals surface area contributed by atoms with Gasteiger partial charge in [0.1, 0.15) is 5.82 Å². The third-order valence-corrected chi connectivity index (χ3v) is 5.91. The van der Waals surface area contributed by atoms with Crippen molar-refractivity contribution in [2.24, 2.45) is 0 Å². The first-order valence-corrected chi connectivity index (χ1v) is 11.2. The summed E-state index contributed by atoms with van der Waals surface area (Å²) in [6.07, 6.45) is 0.773. The maximum absolute atomic E-state index is 12.7. The van der Waals surface area contributed by atoms with E-state index in [1.807, 2.05) is 66.1 Å². The van der Waals surface area contributed by atoms with E-state index in [0.29, 0.717) is 6.54 Å². The summed E-state index contributed by atoms with van der Waals surface area (Å²) in [6, 6.07) is 28.4. The van der Waals surface area contributed by atoms with Gasteiger partial charge in [0.15, 0.2) is 5.16 Å². The summed E-state index contributed by atoms with van der Waals surface area (Å²) in [6.45, 7) is 2.61. The normalized spacial score (nSPS) is 10.7. The minimum Gasteiger partial charge on any atom is -0.325 e. The lowest BCUT2D eigenvalue weighted by molar-refractivity contribution is -0.113. The van der Waals surface area contributed by atoms with Crippen LogP contribution >= 0.6 is 11.8 Å². The molecule has 0 aliphatic carbocycles. The average Bonchev–Trinajstić information content (AvgIpc) is 3.14. The Balaban J connectivity index is 1.40. The van der Waals surface area contributed by atoms with Gasteiger partial charge in [-0.25, -0.2) is 0 Å². The lowest BCUT2D eigenvalue weighted by Crippen LogP contribution is -2.16. The van der Waals surface area contributed by atoms with Crippen molar-refractivity contribution in [3.05, 3.63) is 107 Å². The Hall–Kier alpha value is -3.38. The average molecular weight is 429 g/mol. The van der Waals surface area contributed by atoms with Gasteiger partial charge in [-0.2, -0.15) is 0 Å². The minimum absolute atomic E-state index is 0.0579. The van der Waals surface area contributed by atoms with Gasteiger partial charge in [0, 0.05) is 5.69 Å². The molecular formula is C25H24N4OS. The number of aromatic nitrogens is 3. The van der Waals surface area contributed by atoms with Crippen LogP contribution < -0.4 is 5.32 Å². The maximum Gasteiger partial charge on any atom is 0.234 e. The van der Waals surface area contributed by atoms with Crippen LogP contribution in [0.5, 0.6) is 0 Å². The molecule has 5 nitrogen and oxygen atoms in total. The Morgan fingerprint density at radius 2 is 1.52 bits per heavy atom. The number of hydrogen-bond acceptors (Lipinski definition) is 4. The Morgan fingerprint density at radius 3 is 2.26 bits per heavy atom. The summed E-state index contributed by atoms with van der Waals surface area (Å²) >= 11 is 1.40. The summed E-state index contributed by atoms with van der Waals surface area (Å²) in [5.41, 5.74) is 4.32. The molecule has 4 rings (SSSR count). The number of rotatable bonds is 8. The number of amides is 1. The molecule has 0 radical (unpaired) electrons. The predicted molar refractivity (Wildman–Crippen MR) is 125 cm³/mol. The minimum atomic E-state index is -0.0579. The lowest BCUT2D eigenvalue weighted by atomic mass is 10.0. The number of carbonyl (C=O) groups is 1. The highest BCUT2D eigenvalue weighted by atomic mass is 32.2. The molecule has 0 spiro atoms. The van der Waals surface area contributed by atoms with Crippen molar-refractivity contribution in [3.63, 3.8) is 0 Å². The third kappa shape index (κ3) is 5.61. The monoisotopic (exact) mass is 428 g/mol. The van der Waals surface area contributed by atoms with Crippen molar-refractivity contribution in [2.75, 3.05) is 11.1 Å². The van der Waals surface area contributed by atoms with Crippen LogP contribution in [0.25, 0.3) is 0 Å². The molecule has 0 unspecified atom stereocenters. The highest BCUT2D eigenvalue weighted by Gasteiger charge is 2.13. The number of nitrogens with zero attached hydrogens (tertiary/aromatic N) is 3. The fraction of sp³-hybridized carbons (Fsp3) is 0.160. The van der Waals surface area contributed by atoms with E-state index >= 15 is 0 Å². The Kier molecular flexibility index (Phi) is 6.79. The molecule has 1 N–H and O–H groups in total. The molecule has 6 heteroatoms. The second kappa shape index (κ2) is 10.1. The van der Waals surface area contributed by atoms with E-state index in [4.69, 9.17) is 0 Å². The van der Waals surface area contributed by atoms with E-state index in [9.17, 15) is 4.79 Å². The van der Waals surface area contributed by atoms with Gasteiger partial charge >= 0.3 is 0 Å². The summed E-state index contributed by atoms with van der Waals surface area (Å²) < 4.78 is 2.04. The summed E-state index contributed by atoms with van der Waals surface area (Å²) in [7, 11) is 0. The number of thioether (sulfide) groups is 1. The summed E-state index contributed by atoms with van der Waals surface area (Å²) in [4.78, 5) is 12.7. The SMILES string of the molecule is Cc1nnc(SCC(=O)Nc2ccccc2Cc2ccccc2)n1Cc1ccccc1. The zero-order valence-electron chi connectivity index (χ0n) is 17.4. The molecule has 0 atom stereocenters. The van der Waals surface area contributed by atoms with Crippen LogP contribution in [0.3, 0.4) is 0 Å². The number of anilines is 1. The van der Waals surface area contributed by atoms with Crippen molar-refractivity contribution >= 4 is 23.4 Å². The van der Waals surface area contributed by atoms with Gasteiger partial charge < -0.3 is 9.88 Å². The molecule has 31 heavy (non-hydrogen) atoms.